The second-order valence-electron chi connectivity index (χ2n) is 4.58. The predicted molar refractivity (Wildman–Crippen MR) is 78.8 cm³/mol. The van der Waals surface area contributed by atoms with E-state index in [0.717, 1.165) is 11.1 Å². The van der Waals surface area contributed by atoms with Crippen molar-refractivity contribution in [1.29, 1.82) is 0 Å². The van der Waals surface area contributed by atoms with E-state index >= 15 is 0 Å². The lowest BCUT2D eigenvalue weighted by molar-refractivity contribution is 0.0991. The van der Waals surface area contributed by atoms with Crippen LogP contribution in [0.4, 0.5) is 5.69 Å². The first-order valence-electron chi connectivity index (χ1n) is 6.25. The Morgan fingerprint density at radius 2 is 1.81 bits per heavy atom. The highest BCUT2D eigenvalue weighted by atomic mass is 32.2. The number of anilines is 1. The van der Waals surface area contributed by atoms with Gasteiger partial charge >= 0.3 is 0 Å². The number of hydrogen-bond donors (Lipinski definition) is 2. The van der Waals surface area contributed by atoms with Gasteiger partial charge in [-0.25, -0.2) is 13.1 Å². The SMILES string of the molecule is CNS(=O)(=O)c1ccc(C(=O)Nc2ccc(C)c(C)c2)o1. The van der Waals surface area contributed by atoms with Crippen LogP contribution in [0.1, 0.15) is 21.7 Å². The van der Waals surface area contributed by atoms with Gasteiger partial charge in [0.05, 0.1) is 0 Å². The Hall–Kier alpha value is -2.12. The van der Waals surface area contributed by atoms with Gasteiger partial charge in [-0.05, 0) is 56.3 Å². The minimum absolute atomic E-state index is 0.0675. The van der Waals surface area contributed by atoms with E-state index < -0.39 is 15.9 Å². The van der Waals surface area contributed by atoms with Gasteiger partial charge in [0, 0.05) is 5.69 Å². The first kappa shape index (κ1) is 15.3. The van der Waals surface area contributed by atoms with E-state index in [0.29, 0.717) is 5.69 Å². The lowest BCUT2D eigenvalue weighted by atomic mass is 10.1. The molecule has 0 saturated carbocycles. The van der Waals surface area contributed by atoms with Gasteiger partial charge in [0.25, 0.3) is 15.9 Å². The van der Waals surface area contributed by atoms with Crippen LogP contribution in [0, 0.1) is 13.8 Å². The lowest BCUT2D eigenvalue weighted by Crippen LogP contribution is -2.18. The molecular formula is C14H16N2O4S. The Morgan fingerprint density at radius 1 is 1.10 bits per heavy atom. The summed E-state index contributed by atoms with van der Waals surface area (Å²) in [4.78, 5) is 12.0. The first-order valence-corrected chi connectivity index (χ1v) is 7.74. The number of hydrogen-bond acceptors (Lipinski definition) is 4. The van der Waals surface area contributed by atoms with Crippen molar-refractivity contribution in [2.45, 2.75) is 18.9 Å². The van der Waals surface area contributed by atoms with Crippen molar-refractivity contribution in [3.05, 3.63) is 47.2 Å². The molecule has 0 unspecified atom stereocenters. The molecule has 1 aromatic heterocycles. The largest absolute Gasteiger partial charge is 0.438 e. The Labute approximate surface area is 123 Å². The molecule has 0 aliphatic heterocycles. The van der Waals surface area contributed by atoms with Crippen LogP contribution < -0.4 is 10.0 Å². The molecule has 112 valence electrons. The van der Waals surface area contributed by atoms with Gasteiger partial charge in [-0.15, -0.1) is 0 Å². The van der Waals surface area contributed by atoms with Crippen molar-refractivity contribution in [2.24, 2.45) is 0 Å². The molecular weight excluding hydrogens is 292 g/mol. The summed E-state index contributed by atoms with van der Waals surface area (Å²) in [7, 11) is -2.42. The van der Waals surface area contributed by atoms with Crippen LogP contribution >= 0.6 is 0 Å². The molecule has 2 rings (SSSR count). The maximum Gasteiger partial charge on any atom is 0.291 e. The van der Waals surface area contributed by atoms with Crippen LogP contribution in [0.3, 0.4) is 0 Å². The van der Waals surface area contributed by atoms with Crippen molar-refractivity contribution in [2.75, 3.05) is 12.4 Å². The number of sulfonamides is 1. The third kappa shape index (κ3) is 3.32. The number of carbonyl (C=O) groups excluding carboxylic acids is 1. The fourth-order valence-corrected chi connectivity index (χ4v) is 2.35. The fourth-order valence-electron chi connectivity index (χ4n) is 1.70. The average molecular weight is 308 g/mol. The zero-order valence-corrected chi connectivity index (χ0v) is 12.7. The molecule has 0 fully saturated rings. The second-order valence-corrected chi connectivity index (χ2v) is 6.40. The van der Waals surface area contributed by atoms with E-state index in [9.17, 15) is 13.2 Å². The van der Waals surface area contributed by atoms with Gasteiger partial charge in [-0.3, -0.25) is 4.79 Å². The molecule has 2 aromatic rings. The molecule has 1 amide bonds. The summed E-state index contributed by atoms with van der Waals surface area (Å²) < 4.78 is 30.3. The van der Waals surface area contributed by atoms with E-state index in [4.69, 9.17) is 4.42 Å². The monoisotopic (exact) mass is 308 g/mol. The highest BCUT2D eigenvalue weighted by Gasteiger charge is 2.19. The fraction of sp³-hybridized carbons (Fsp3) is 0.214. The molecule has 0 spiro atoms. The quantitative estimate of drug-likeness (QED) is 0.905. The van der Waals surface area contributed by atoms with Gasteiger partial charge in [-0.1, -0.05) is 6.07 Å². The Morgan fingerprint density at radius 3 is 2.43 bits per heavy atom. The topological polar surface area (TPSA) is 88.4 Å². The zero-order valence-electron chi connectivity index (χ0n) is 11.9. The third-order valence-corrected chi connectivity index (χ3v) is 4.39. The normalized spacial score (nSPS) is 11.4. The summed E-state index contributed by atoms with van der Waals surface area (Å²) in [5, 5.41) is 2.37. The number of nitrogens with one attached hydrogen (secondary N) is 2. The maximum atomic E-state index is 12.0. The van der Waals surface area contributed by atoms with Crippen LogP contribution in [0.2, 0.25) is 0 Å². The molecule has 7 heteroatoms. The van der Waals surface area contributed by atoms with Crippen molar-refractivity contribution in [3.63, 3.8) is 0 Å². The van der Waals surface area contributed by atoms with Crippen molar-refractivity contribution < 1.29 is 17.6 Å². The predicted octanol–water partition coefficient (Wildman–Crippen LogP) is 2.06. The van der Waals surface area contributed by atoms with Gasteiger partial charge in [0.15, 0.2) is 5.76 Å². The molecule has 0 aliphatic rings. The highest BCUT2D eigenvalue weighted by molar-refractivity contribution is 7.89. The molecule has 0 saturated heterocycles. The first-order chi connectivity index (χ1) is 9.83. The molecule has 0 radical (unpaired) electrons. The van der Waals surface area contributed by atoms with Gasteiger partial charge < -0.3 is 9.73 Å². The van der Waals surface area contributed by atoms with Crippen molar-refractivity contribution >= 4 is 21.6 Å². The van der Waals surface area contributed by atoms with Crippen LogP contribution in [-0.2, 0) is 10.0 Å². The van der Waals surface area contributed by atoms with E-state index in [1.807, 2.05) is 26.0 Å². The smallest absolute Gasteiger partial charge is 0.291 e. The molecule has 1 heterocycles. The van der Waals surface area contributed by atoms with E-state index in [1.165, 1.54) is 19.2 Å². The van der Waals surface area contributed by atoms with E-state index in [-0.39, 0.29) is 10.9 Å². The second kappa shape index (κ2) is 5.71. The molecule has 2 N–H and O–H groups in total. The minimum atomic E-state index is -3.69. The summed E-state index contributed by atoms with van der Waals surface area (Å²) >= 11 is 0. The van der Waals surface area contributed by atoms with E-state index in [1.54, 1.807) is 6.07 Å². The number of aryl methyl sites for hydroxylation is 2. The minimum Gasteiger partial charge on any atom is -0.438 e. The number of carbonyl (C=O) groups is 1. The summed E-state index contributed by atoms with van der Waals surface area (Å²) in [6.45, 7) is 3.91. The Balaban J connectivity index is 2.19. The summed E-state index contributed by atoms with van der Waals surface area (Å²) in [6, 6.07) is 8.06. The Bertz CT molecular complexity index is 778. The zero-order chi connectivity index (χ0) is 15.6. The molecule has 0 atom stereocenters. The van der Waals surface area contributed by atoms with Crippen LogP contribution in [-0.4, -0.2) is 21.4 Å². The number of benzene rings is 1. The molecule has 0 aliphatic carbocycles. The van der Waals surface area contributed by atoms with Crippen molar-refractivity contribution in [1.82, 2.24) is 4.72 Å². The number of amides is 1. The van der Waals surface area contributed by atoms with Crippen LogP contribution in [0.25, 0.3) is 0 Å². The van der Waals surface area contributed by atoms with Gasteiger partial charge in [-0.2, -0.15) is 0 Å². The molecule has 6 nitrogen and oxygen atoms in total. The third-order valence-electron chi connectivity index (χ3n) is 3.10. The summed E-state index contributed by atoms with van der Waals surface area (Å²) in [6.07, 6.45) is 0. The lowest BCUT2D eigenvalue weighted by Gasteiger charge is -2.06. The van der Waals surface area contributed by atoms with Gasteiger partial charge in [0.2, 0.25) is 5.09 Å². The van der Waals surface area contributed by atoms with E-state index in [2.05, 4.69) is 10.0 Å². The van der Waals surface area contributed by atoms with Crippen molar-refractivity contribution in [3.8, 4) is 0 Å². The maximum absolute atomic E-state index is 12.0. The average Bonchev–Trinajstić information content (AvgIpc) is 2.93. The molecule has 0 bridgehead atoms. The Kier molecular flexibility index (Phi) is 4.15. The van der Waals surface area contributed by atoms with Gasteiger partial charge in [0.1, 0.15) is 0 Å². The van der Waals surface area contributed by atoms with Crippen LogP contribution in [0.5, 0.6) is 0 Å². The standard InChI is InChI=1S/C14H16N2O4S/c1-9-4-5-11(8-10(9)2)16-14(17)12-6-7-13(20-12)21(18,19)15-3/h4-8,15H,1-3H3,(H,16,17). The molecule has 1 aromatic carbocycles. The number of furan rings is 1. The van der Waals surface area contributed by atoms with Crippen LogP contribution in [0.15, 0.2) is 39.8 Å². The number of rotatable bonds is 4. The summed E-state index contributed by atoms with van der Waals surface area (Å²) in [5.74, 6) is -0.571. The highest BCUT2D eigenvalue weighted by Crippen LogP contribution is 2.17. The summed E-state index contributed by atoms with van der Waals surface area (Å²) in [5.41, 5.74) is 2.79. The molecule has 21 heavy (non-hydrogen) atoms.